The number of fused-ring (bicyclic) bond motifs is 3. The van der Waals surface area contributed by atoms with E-state index in [1.54, 1.807) is 0 Å². The second-order valence-electron chi connectivity index (χ2n) is 6.25. The van der Waals surface area contributed by atoms with Gasteiger partial charge in [-0.2, -0.15) is 0 Å². The lowest BCUT2D eigenvalue weighted by atomic mass is 10.1. The quantitative estimate of drug-likeness (QED) is 0.541. The van der Waals surface area contributed by atoms with Crippen LogP contribution < -0.4 is 10.2 Å². The molecule has 2 aliphatic rings. The summed E-state index contributed by atoms with van der Waals surface area (Å²) in [6, 6.07) is 8.77. The Hall–Kier alpha value is -3.01. The molecule has 1 unspecified atom stereocenters. The average molecular weight is 386 g/mol. The first kappa shape index (κ1) is 16.2. The first-order valence-electron chi connectivity index (χ1n) is 8.15. The molecule has 5 rings (SSSR count). The molecule has 2 aliphatic heterocycles. The van der Waals surface area contributed by atoms with Crippen LogP contribution in [0.5, 0.6) is 5.75 Å². The molecule has 0 radical (unpaired) electrons. The van der Waals surface area contributed by atoms with Crippen molar-refractivity contribution in [3.63, 3.8) is 0 Å². The maximum atomic E-state index is 11.2. The van der Waals surface area contributed by atoms with Gasteiger partial charge in [-0.1, -0.05) is 28.9 Å². The monoisotopic (exact) mass is 385 g/mol. The third-order valence-corrected chi connectivity index (χ3v) is 4.77. The molecular weight excluding hydrogens is 374 g/mol. The number of nitrogens with zero attached hydrogens (tertiary/aromatic N) is 4. The van der Waals surface area contributed by atoms with E-state index in [0.717, 1.165) is 16.9 Å². The van der Waals surface area contributed by atoms with Gasteiger partial charge in [0.05, 0.1) is 22.4 Å². The molecule has 2 aromatic carbocycles. The molecule has 136 valence electrons. The molecule has 0 saturated carbocycles. The number of hydrazine groups is 1. The number of halogens is 1. The molecule has 1 aromatic heterocycles. The molecule has 27 heavy (non-hydrogen) atoms. The van der Waals surface area contributed by atoms with Crippen LogP contribution in [0.4, 0.5) is 11.5 Å². The molecule has 1 N–H and O–H groups in total. The van der Waals surface area contributed by atoms with E-state index in [1.807, 2.05) is 12.1 Å². The Morgan fingerprint density at radius 3 is 3.04 bits per heavy atom. The Morgan fingerprint density at radius 1 is 1.30 bits per heavy atom. The zero-order chi connectivity index (χ0) is 18.5. The van der Waals surface area contributed by atoms with Gasteiger partial charge in [-0.25, -0.2) is 14.8 Å². The smallest absolute Gasteiger partial charge is 0.288 e. The van der Waals surface area contributed by atoms with Crippen LogP contribution >= 0.6 is 11.6 Å². The fourth-order valence-corrected chi connectivity index (χ4v) is 3.48. The number of benzene rings is 2. The van der Waals surface area contributed by atoms with Crippen LogP contribution in [0.3, 0.4) is 0 Å². The molecule has 3 aromatic rings. The van der Waals surface area contributed by atoms with Crippen LogP contribution in [0, 0.1) is 10.1 Å². The summed E-state index contributed by atoms with van der Waals surface area (Å²) in [6.07, 6.45) is 1.56. The number of nitrogens with one attached hydrogen (secondary N) is 1. The molecule has 3 heterocycles. The Kier molecular flexibility index (Phi) is 3.61. The average Bonchev–Trinajstić information content (AvgIpc) is 3.05. The van der Waals surface area contributed by atoms with Gasteiger partial charge in [-0.05, 0) is 17.7 Å². The van der Waals surface area contributed by atoms with Crippen molar-refractivity contribution in [1.29, 1.82) is 0 Å². The van der Waals surface area contributed by atoms with Gasteiger partial charge in [-0.3, -0.25) is 15.5 Å². The number of hydrogen-bond donors (Lipinski definition) is 1. The van der Waals surface area contributed by atoms with Crippen molar-refractivity contribution >= 4 is 34.0 Å². The van der Waals surface area contributed by atoms with E-state index in [0.29, 0.717) is 29.7 Å². The van der Waals surface area contributed by atoms with E-state index in [4.69, 9.17) is 21.2 Å². The van der Waals surface area contributed by atoms with Crippen molar-refractivity contribution in [1.82, 2.24) is 15.1 Å². The molecule has 0 spiro atoms. The zero-order valence-electron chi connectivity index (χ0n) is 13.8. The van der Waals surface area contributed by atoms with Crippen LogP contribution in [0.25, 0.3) is 10.9 Å². The highest BCUT2D eigenvalue weighted by atomic mass is 35.5. The molecule has 0 aliphatic carbocycles. The molecule has 0 amide bonds. The Bertz CT molecular complexity index is 1090. The molecule has 0 saturated heterocycles. The molecule has 0 fully saturated rings. The van der Waals surface area contributed by atoms with Gasteiger partial charge < -0.3 is 4.74 Å². The van der Waals surface area contributed by atoms with E-state index >= 15 is 0 Å². The number of ether oxygens (including phenoxy) is 1. The van der Waals surface area contributed by atoms with E-state index in [9.17, 15) is 10.1 Å². The van der Waals surface area contributed by atoms with E-state index in [-0.39, 0.29) is 10.7 Å². The van der Waals surface area contributed by atoms with E-state index in [2.05, 4.69) is 21.5 Å². The number of aromatic nitrogens is 2. The normalized spacial score (nSPS) is 18.2. The summed E-state index contributed by atoms with van der Waals surface area (Å²) in [4.78, 5) is 24.9. The topological polar surface area (TPSA) is 103 Å². The second-order valence-corrected chi connectivity index (χ2v) is 6.65. The first-order valence-corrected chi connectivity index (χ1v) is 8.53. The lowest BCUT2D eigenvalue weighted by Gasteiger charge is -2.26. The summed E-state index contributed by atoms with van der Waals surface area (Å²) in [5.41, 5.74) is 5.50. The van der Waals surface area contributed by atoms with Gasteiger partial charge in [-0.15, -0.1) is 0 Å². The fraction of sp³-hybridized carbons (Fsp3) is 0.176. The summed E-state index contributed by atoms with van der Waals surface area (Å²) in [7, 11) is 0. The third-order valence-electron chi connectivity index (χ3n) is 4.47. The third kappa shape index (κ3) is 2.81. The summed E-state index contributed by atoms with van der Waals surface area (Å²) < 4.78 is 5.76. The van der Waals surface area contributed by atoms with Gasteiger partial charge in [0.25, 0.3) is 5.69 Å². The predicted molar refractivity (Wildman–Crippen MR) is 96.0 cm³/mol. The standard InChI is InChI=1S/C17H12ClN5O4/c18-12-6-13-11(5-14(12)23(24)25)17(20-8-19-13)21-22-7-9-1-2-15-10(3-9)4-16(26-15)27-22/h1-3,5-6,8,16H,4,7H2,(H,19,20,21). The van der Waals surface area contributed by atoms with E-state index in [1.165, 1.54) is 23.6 Å². The van der Waals surface area contributed by atoms with Crippen molar-refractivity contribution in [3.8, 4) is 5.75 Å². The largest absolute Gasteiger partial charge is 0.463 e. The van der Waals surface area contributed by atoms with Gasteiger partial charge >= 0.3 is 0 Å². The number of anilines is 1. The number of rotatable bonds is 3. The highest BCUT2D eigenvalue weighted by Gasteiger charge is 2.29. The van der Waals surface area contributed by atoms with E-state index < -0.39 is 11.2 Å². The minimum Gasteiger partial charge on any atom is -0.463 e. The van der Waals surface area contributed by atoms with Gasteiger partial charge in [0.2, 0.25) is 6.29 Å². The van der Waals surface area contributed by atoms with Gasteiger partial charge in [0.15, 0.2) is 5.82 Å². The lowest BCUT2D eigenvalue weighted by molar-refractivity contribution is -0.384. The maximum absolute atomic E-state index is 11.2. The summed E-state index contributed by atoms with van der Waals surface area (Å²) in [5.74, 6) is 1.19. The summed E-state index contributed by atoms with van der Waals surface area (Å²) in [5, 5.41) is 13.2. The van der Waals surface area contributed by atoms with Crippen molar-refractivity contribution in [2.75, 3.05) is 5.43 Å². The first-order chi connectivity index (χ1) is 13.1. The lowest BCUT2D eigenvalue weighted by Crippen LogP contribution is -2.36. The highest BCUT2D eigenvalue weighted by Crippen LogP contribution is 2.34. The molecule has 3 bridgehead atoms. The predicted octanol–water partition coefficient (Wildman–Crippen LogP) is 3.23. The fourth-order valence-electron chi connectivity index (χ4n) is 3.25. The molecule has 1 atom stereocenters. The van der Waals surface area contributed by atoms with Crippen LogP contribution in [0.2, 0.25) is 5.02 Å². The Balaban J connectivity index is 1.51. The van der Waals surface area contributed by atoms with Crippen LogP contribution in [0.15, 0.2) is 36.7 Å². The summed E-state index contributed by atoms with van der Waals surface area (Å²) >= 11 is 5.97. The Morgan fingerprint density at radius 2 is 2.19 bits per heavy atom. The van der Waals surface area contributed by atoms with Gasteiger partial charge in [0.1, 0.15) is 17.1 Å². The second kappa shape index (κ2) is 6.02. The van der Waals surface area contributed by atoms with Crippen LogP contribution in [-0.2, 0) is 17.8 Å². The number of nitro groups is 1. The molecule has 10 heteroatoms. The molecular formula is C17H12ClN5O4. The SMILES string of the molecule is O=[N+]([O-])c1cc2c(NN3Cc4ccc5c(c4)CC(O5)O3)ncnc2cc1Cl. The van der Waals surface area contributed by atoms with Crippen molar-refractivity contribution in [2.24, 2.45) is 0 Å². The minimum atomic E-state index is -0.541. The molecule has 9 nitrogen and oxygen atoms in total. The summed E-state index contributed by atoms with van der Waals surface area (Å²) in [6.45, 7) is 0.439. The van der Waals surface area contributed by atoms with Crippen LogP contribution in [0.1, 0.15) is 11.1 Å². The van der Waals surface area contributed by atoms with Crippen LogP contribution in [-0.4, -0.2) is 26.4 Å². The highest BCUT2D eigenvalue weighted by molar-refractivity contribution is 6.33. The van der Waals surface area contributed by atoms with Crippen molar-refractivity contribution in [2.45, 2.75) is 19.3 Å². The number of hydrogen-bond acceptors (Lipinski definition) is 8. The number of nitro benzene ring substituents is 1. The van der Waals surface area contributed by atoms with Gasteiger partial charge in [0, 0.05) is 18.1 Å². The maximum Gasteiger partial charge on any atom is 0.288 e. The number of hydroxylamine groups is 1. The van der Waals surface area contributed by atoms with Crippen molar-refractivity contribution < 1.29 is 14.5 Å². The minimum absolute atomic E-state index is 0.0198. The Labute approximate surface area is 157 Å². The van der Waals surface area contributed by atoms with Crippen molar-refractivity contribution in [3.05, 3.63) is 62.9 Å². The zero-order valence-corrected chi connectivity index (χ0v) is 14.5.